The molecule has 0 unspecified atom stereocenters. The second kappa shape index (κ2) is 5.17. The lowest BCUT2D eigenvalue weighted by Crippen LogP contribution is -2.04. The number of rotatable bonds is 3. The van der Waals surface area contributed by atoms with Crippen LogP contribution in [-0.4, -0.2) is 0 Å². The van der Waals surface area contributed by atoms with E-state index in [0.717, 1.165) is 5.92 Å². The molecular weight excluding hydrogens is 132 g/mol. The Morgan fingerprint density at radius 1 is 1.18 bits per heavy atom. The molecule has 1 saturated carbocycles. The predicted molar refractivity (Wildman–Crippen MR) is 49.2 cm³/mol. The van der Waals surface area contributed by atoms with Gasteiger partial charge in [-0.3, -0.25) is 0 Å². The summed E-state index contributed by atoms with van der Waals surface area (Å²) in [5.41, 5.74) is 0. The molecule has 0 amide bonds. The van der Waals surface area contributed by atoms with E-state index >= 15 is 0 Å². The van der Waals surface area contributed by atoms with Gasteiger partial charge >= 0.3 is 0 Å². The third kappa shape index (κ3) is 3.41. The molecule has 0 heteroatoms. The van der Waals surface area contributed by atoms with E-state index in [4.69, 9.17) is 6.58 Å². The highest BCUT2D eigenvalue weighted by atomic mass is 14.2. The van der Waals surface area contributed by atoms with Gasteiger partial charge in [0.05, 0.1) is 0 Å². The Labute approximate surface area is 70.0 Å². The molecular formula is C11H17. The van der Waals surface area contributed by atoms with Crippen LogP contribution in [-0.2, 0) is 0 Å². The third-order valence-corrected chi connectivity index (χ3v) is 2.44. The standard InChI is InChI=1S/C11H17/c1-2-3-5-8-11-9-6-4-7-10-11/h1-3,5,11H,4,6-10H2/b2-1?,5-3+. The summed E-state index contributed by atoms with van der Waals surface area (Å²) in [6, 6.07) is 0. The van der Waals surface area contributed by atoms with Crippen molar-refractivity contribution in [3.63, 3.8) is 0 Å². The largest absolute Gasteiger partial charge is 0.0843 e. The van der Waals surface area contributed by atoms with Crippen molar-refractivity contribution in [2.45, 2.75) is 38.5 Å². The van der Waals surface area contributed by atoms with Crippen LogP contribution in [0.5, 0.6) is 0 Å². The van der Waals surface area contributed by atoms with Gasteiger partial charge in [-0.1, -0.05) is 56.9 Å². The third-order valence-electron chi connectivity index (χ3n) is 2.44. The maximum atomic E-state index is 5.23. The summed E-state index contributed by atoms with van der Waals surface area (Å²) in [5, 5.41) is 0. The Bertz CT molecular complexity index is 127. The Morgan fingerprint density at radius 2 is 1.91 bits per heavy atom. The van der Waals surface area contributed by atoms with E-state index in [1.54, 1.807) is 6.08 Å². The molecule has 0 aromatic rings. The van der Waals surface area contributed by atoms with Crippen LogP contribution >= 0.6 is 0 Å². The molecule has 61 valence electrons. The molecule has 11 heavy (non-hydrogen) atoms. The quantitative estimate of drug-likeness (QED) is 0.539. The van der Waals surface area contributed by atoms with E-state index in [1.165, 1.54) is 38.5 Å². The fourth-order valence-electron chi connectivity index (χ4n) is 1.77. The second-order valence-electron chi connectivity index (χ2n) is 3.36. The Morgan fingerprint density at radius 3 is 2.55 bits per heavy atom. The fourth-order valence-corrected chi connectivity index (χ4v) is 1.77. The van der Waals surface area contributed by atoms with Crippen molar-refractivity contribution in [2.24, 2.45) is 5.92 Å². The van der Waals surface area contributed by atoms with Crippen molar-refractivity contribution in [2.75, 3.05) is 0 Å². The first-order valence-electron chi connectivity index (χ1n) is 4.63. The van der Waals surface area contributed by atoms with E-state index in [2.05, 4.69) is 6.08 Å². The summed E-state index contributed by atoms with van der Waals surface area (Å²) in [5.74, 6) is 0.944. The molecule has 1 fully saturated rings. The molecule has 0 N–H and O–H groups in total. The molecule has 1 radical (unpaired) electrons. The zero-order valence-electron chi connectivity index (χ0n) is 7.13. The van der Waals surface area contributed by atoms with Crippen LogP contribution in [0.15, 0.2) is 18.2 Å². The van der Waals surface area contributed by atoms with Crippen molar-refractivity contribution in [3.8, 4) is 0 Å². The molecule has 1 aliphatic rings. The number of hydrogen-bond acceptors (Lipinski definition) is 0. The average Bonchev–Trinajstić information content (AvgIpc) is 2.07. The Balaban J connectivity index is 2.14. The highest BCUT2D eigenvalue weighted by molar-refractivity contribution is 4.96. The first-order valence-corrected chi connectivity index (χ1v) is 4.63. The number of allylic oxidation sites excluding steroid dienone is 3. The molecule has 1 rings (SSSR count). The van der Waals surface area contributed by atoms with Gasteiger partial charge in [-0.15, -0.1) is 0 Å². The summed E-state index contributed by atoms with van der Waals surface area (Å²) < 4.78 is 0. The minimum atomic E-state index is 0.944. The first kappa shape index (κ1) is 8.58. The second-order valence-corrected chi connectivity index (χ2v) is 3.36. The molecule has 0 aliphatic heterocycles. The zero-order chi connectivity index (χ0) is 7.94. The van der Waals surface area contributed by atoms with Crippen molar-refractivity contribution < 1.29 is 0 Å². The van der Waals surface area contributed by atoms with Gasteiger partial charge in [0.1, 0.15) is 0 Å². The predicted octanol–water partition coefficient (Wildman–Crippen LogP) is 3.50. The fraction of sp³-hybridized carbons (Fsp3) is 0.636. The van der Waals surface area contributed by atoms with Crippen LogP contribution in [0.4, 0.5) is 0 Å². The highest BCUT2D eigenvalue weighted by Crippen LogP contribution is 2.26. The topological polar surface area (TPSA) is 0 Å². The highest BCUT2D eigenvalue weighted by Gasteiger charge is 2.10. The minimum absolute atomic E-state index is 0.944. The van der Waals surface area contributed by atoms with E-state index in [9.17, 15) is 0 Å². The molecule has 0 bridgehead atoms. The van der Waals surface area contributed by atoms with E-state index < -0.39 is 0 Å². The van der Waals surface area contributed by atoms with E-state index in [-0.39, 0.29) is 0 Å². The van der Waals surface area contributed by atoms with E-state index in [0.29, 0.717) is 0 Å². The van der Waals surface area contributed by atoms with Gasteiger partial charge in [0.2, 0.25) is 0 Å². The van der Waals surface area contributed by atoms with Crippen LogP contribution < -0.4 is 0 Å². The maximum Gasteiger partial charge on any atom is -0.0319 e. The molecule has 0 nitrogen and oxygen atoms in total. The van der Waals surface area contributed by atoms with Gasteiger partial charge in [-0.25, -0.2) is 0 Å². The summed E-state index contributed by atoms with van der Waals surface area (Å²) in [6.45, 7) is 5.23. The average molecular weight is 149 g/mol. The van der Waals surface area contributed by atoms with Gasteiger partial charge < -0.3 is 0 Å². The molecule has 0 aromatic heterocycles. The van der Waals surface area contributed by atoms with E-state index in [1.807, 2.05) is 6.08 Å². The Kier molecular flexibility index (Phi) is 4.03. The summed E-state index contributed by atoms with van der Waals surface area (Å²) >= 11 is 0. The first-order chi connectivity index (χ1) is 5.43. The molecule has 0 spiro atoms. The molecule has 0 atom stereocenters. The normalized spacial score (nSPS) is 20.7. The van der Waals surface area contributed by atoms with Crippen LogP contribution in [0, 0.1) is 12.5 Å². The Hall–Kier alpha value is -0.520. The van der Waals surface area contributed by atoms with Crippen molar-refractivity contribution in [3.05, 3.63) is 24.8 Å². The van der Waals surface area contributed by atoms with Crippen LogP contribution in [0.25, 0.3) is 0 Å². The van der Waals surface area contributed by atoms with Crippen molar-refractivity contribution in [1.82, 2.24) is 0 Å². The summed E-state index contributed by atoms with van der Waals surface area (Å²) in [4.78, 5) is 0. The maximum absolute atomic E-state index is 5.23. The monoisotopic (exact) mass is 149 g/mol. The smallest absolute Gasteiger partial charge is 0.0319 e. The lowest BCUT2D eigenvalue weighted by atomic mass is 9.87. The van der Waals surface area contributed by atoms with Crippen LogP contribution in [0.1, 0.15) is 38.5 Å². The van der Waals surface area contributed by atoms with Gasteiger partial charge in [-0.05, 0) is 12.3 Å². The lowest BCUT2D eigenvalue weighted by molar-refractivity contribution is 0.361. The lowest BCUT2D eigenvalue weighted by Gasteiger charge is -2.19. The zero-order valence-corrected chi connectivity index (χ0v) is 7.13. The minimum Gasteiger partial charge on any atom is -0.0843 e. The van der Waals surface area contributed by atoms with Gasteiger partial charge in [0.25, 0.3) is 0 Å². The van der Waals surface area contributed by atoms with Gasteiger partial charge in [0, 0.05) is 0 Å². The number of hydrogen-bond donors (Lipinski definition) is 0. The SMILES string of the molecule is [CH]=C/C=C/CC1CCCCC1. The van der Waals surface area contributed by atoms with Crippen molar-refractivity contribution in [1.29, 1.82) is 0 Å². The molecule has 0 aromatic carbocycles. The summed E-state index contributed by atoms with van der Waals surface area (Å²) in [7, 11) is 0. The van der Waals surface area contributed by atoms with Gasteiger partial charge in [-0.2, -0.15) is 0 Å². The molecule has 0 heterocycles. The van der Waals surface area contributed by atoms with Crippen LogP contribution in [0.3, 0.4) is 0 Å². The molecule has 1 aliphatic carbocycles. The van der Waals surface area contributed by atoms with Crippen molar-refractivity contribution >= 4 is 0 Å². The summed E-state index contributed by atoms with van der Waals surface area (Å²) in [6.07, 6.45) is 14.2. The molecule has 0 saturated heterocycles. The van der Waals surface area contributed by atoms with Crippen LogP contribution in [0.2, 0.25) is 0 Å². The van der Waals surface area contributed by atoms with Gasteiger partial charge in [0.15, 0.2) is 0 Å².